The second kappa shape index (κ2) is 7.53. The molecule has 0 atom stereocenters. The molecule has 6 nitrogen and oxygen atoms in total. The van der Waals surface area contributed by atoms with Crippen LogP contribution in [0.15, 0.2) is 54.9 Å². The molecule has 0 radical (unpaired) electrons. The van der Waals surface area contributed by atoms with Crippen molar-refractivity contribution in [2.75, 3.05) is 19.0 Å². The van der Waals surface area contributed by atoms with Crippen molar-refractivity contribution in [3.05, 3.63) is 54.9 Å². The van der Waals surface area contributed by atoms with E-state index in [0.717, 1.165) is 17.0 Å². The Labute approximate surface area is 146 Å². The molecule has 25 heavy (non-hydrogen) atoms. The van der Waals surface area contributed by atoms with Crippen LogP contribution in [0.2, 0.25) is 0 Å². The van der Waals surface area contributed by atoms with Gasteiger partial charge in [0.25, 0.3) is 0 Å². The van der Waals surface area contributed by atoms with Crippen LogP contribution in [0.3, 0.4) is 0 Å². The van der Waals surface area contributed by atoms with Crippen molar-refractivity contribution < 1.29 is 14.6 Å². The van der Waals surface area contributed by atoms with Crippen LogP contribution in [0, 0.1) is 0 Å². The van der Waals surface area contributed by atoms with Gasteiger partial charge >= 0.3 is 0 Å². The highest BCUT2D eigenvalue weighted by Crippen LogP contribution is 2.32. The maximum atomic E-state index is 9.99. The zero-order valence-corrected chi connectivity index (χ0v) is 14.1. The Balaban J connectivity index is 1.86. The van der Waals surface area contributed by atoms with Crippen molar-refractivity contribution in [2.24, 2.45) is 0 Å². The molecule has 0 spiro atoms. The summed E-state index contributed by atoms with van der Waals surface area (Å²) in [6, 6.07) is 14.6. The topological polar surface area (TPSA) is 76.5 Å². The third-order valence-electron chi connectivity index (χ3n) is 3.58. The number of phenols is 1. The van der Waals surface area contributed by atoms with Gasteiger partial charge in [0.15, 0.2) is 11.5 Å². The first kappa shape index (κ1) is 16.6. The SMILES string of the molecule is CCOc1ccc(Nc2cc(-c3ccccc3OC)ncn2)cc1O. The minimum absolute atomic E-state index is 0.0749. The highest BCUT2D eigenvalue weighted by molar-refractivity contribution is 5.70. The fraction of sp³-hybridized carbons (Fsp3) is 0.158. The molecule has 0 saturated carbocycles. The molecule has 2 aromatic carbocycles. The van der Waals surface area contributed by atoms with Gasteiger partial charge in [-0.25, -0.2) is 9.97 Å². The Bertz CT molecular complexity index is 868. The first-order valence-corrected chi connectivity index (χ1v) is 7.89. The van der Waals surface area contributed by atoms with Crippen molar-refractivity contribution in [3.8, 4) is 28.5 Å². The second-order valence-corrected chi connectivity index (χ2v) is 5.23. The Kier molecular flexibility index (Phi) is 4.99. The minimum Gasteiger partial charge on any atom is -0.504 e. The van der Waals surface area contributed by atoms with Gasteiger partial charge in [-0.05, 0) is 31.2 Å². The largest absolute Gasteiger partial charge is 0.504 e. The molecule has 0 bridgehead atoms. The van der Waals surface area contributed by atoms with Gasteiger partial charge in [-0.3, -0.25) is 0 Å². The second-order valence-electron chi connectivity index (χ2n) is 5.23. The number of aromatic nitrogens is 2. The fourth-order valence-corrected chi connectivity index (χ4v) is 2.45. The number of rotatable bonds is 6. The third-order valence-corrected chi connectivity index (χ3v) is 3.58. The average Bonchev–Trinajstić information content (AvgIpc) is 2.64. The van der Waals surface area contributed by atoms with E-state index >= 15 is 0 Å². The lowest BCUT2D eigenvalue weighted by Gasteiger charge is -2.11. The number of anilines is 2. The minimum atomic E-state index is 0.0749. The predicted octanol–water partition coefficient (Wildman–Crippen LogP) is 4.00. The summed E-state index contributed by atoms with van der Waals surface area (Å²) in [7, 11) is 1.63. The quantitative estimate of drug-likeness (QED) is 0.708. The van der Waals surface area contributed by atoms with Crippen LogP contribution in [0.1, 0.15) is 6.92 Å². The predicted molar refractivity (Wildman–Crippen MR) is 96.6 cm³/mol. The molecule has 3 aromatic rings. The van der Waals surface area contributed by atoms with Crippen LogP contribution < -0.4 is 14.8 Å². The maximum Gasteiger partial charge on any atom is 0.161 e. The molecule has 6 heteroatoms. The molecule has 0 amide bonds. The summed E-state index contributed by atoms with van der Waals surface area (Å²) in [5.41, 5.74) is 2.32. The normalized spacial score (nSPS) is 10.3. The highest BCUT2D eigenvalue weighted by atomic mass is 16.5. The molecule has 0 unspecified atom stereocenters. The van der Waals surface area contributed by atoms with E-state index in [-0.39, 0.29) is 5.75 Å². The van der Waals surface area contributed by atoms with Gasteiger partial charge < -0.3 is 19.9 Å². The molecule has 2 N–H and O–H groups in total. The van der Waals surface area contributed by atoms with E-state index in [1.54, 1.807) is 19.2 Å². The van der Waals surface area contributed by atoms with Crippen LogP contribution in [0.5, 0.6) is 17.2 Å². The number of methoxy groups -OCH3 is 1. The van der Waals surface area contributed by atoms with Gasteiger partial charge in [0.05, 0.1) is 19.4 Å². The smallest absolute Gasteiger partial charge is 0.161 e. The molecule has 1 aromatic heterocycles. The molecule has 0 aliphatic carbocycles. The monoisotopic (exact) mass is 337 g/mol. The number of nitrogens with one attached hydrogen (secondary N) is 1. The highest BCUT2D eigenvalue weighted by Gasteiger charge is 2.09. The zero-order chi connectivity index (χ0) is 17.6. The number of phenolic OH excluding ortho intramolecular Hbond substituents is 1. The Morgan fingerprint density at radius 1 is 1.04 bits per heavy atom. The molecule has 0 aliphatic heterocycles. The van der Waals surface area contributed by atoms with Gasteiger partial charge in [0, 0.05) is 23.4 Å². The molecule has 0 saturated heterocycles. The molecule has 0 fully saturated rings. The van der Waals surface area contributed by atoms with Crippen LogP contribution in [-0.4, -0.2) is 28.8 Å². The maximum absolute atomic E-state index is 9.99. The van der Waals surface area contributed by atoms with E-state index in [9.17, 15) is 5.11 Å². The molecule has 128 valence electrons. The van der Waals surface area contributed by atoms with Crippen molar-refractivity contribution >= 4 is 11.5 Å². The number of benzene rings is 2. The zero-order valence-electron chi connectivity index (χ0n) is 14.1. The van der Waals surface area contributed by atoms with E-state index < -0.39 is 0 Å². The molecule has 3 rings (SSSR count). The van der Waals surface area contributed by atoms with Gasteiger partial charge in [-0.15, -0.1) is 0 Å². The Morgan fingerprint density at radius 3 is 2.64 bits per heavy atom. The van der Waals surface area contributed by atoms with Gasteiger partial charge in [-0.1, -0.05) is 12.1 Å². The summed E-state index contributed by atoms with van der Waals surface area (Å²) in [6.45, 7) is 2.36. The lowest BCUT2D eigenvalue weighted by atomic mass is 10.1. The molecule has 1 heterocycles. The fourth-order valence-electron chi connectivity index (χ4n) is 2.45. The van der Waals surface area contributed by atoms with Crippen LogP contribution in [-0.2, 0) is 0 Å². The number of ether oxygens (including phenoxy) is 2. The third kappa shape index (κ3) is 3.80. The van der Waals surface area contributed by atoms with E-state index in [1.165, 1.54) is 6.33 Å². The van der Waals surface area contributed by atoms with Crippen molar-refractivity contribution in [2.45, 2.75) is 6.92 Å². The number of para-hydroxylation sites is 1. The summed E-state index contributed by atoms with van der Waals surface area (Å²) in [5, 5.41) is 13.1. The van der Waals surface area contributed by atoms with E-state index in [2.05, 4.69) is 15.3 Å². The molecule has 0 aliphatic rings. The van der Waals surface area contributed by atoms with E-state index in [4.69, 9.17) is 9.47 Å². The van der Waals surface area contributed by atoms with E-state index in [0.29, 0.717) is 23.9 Å². The lowest BCUT2D eigenvalue weighted by molar-refractivity contribution is 0.318. The standard InChI is InChI=1S/C19H19N3O3/c1-3-25-18-9-8-13(10-16(18)23)22-19-11-15(20-12-21-19)14-6-4-5-7-17(14)24-2/h4-12,23H,3H2,1-2H3,(H,20,21,22). The van der Waals surface area contributed by atoms with Crippen molar-refractivity contribution in [3.63, 3.8) is 0 Å². The number of hydrogen-bond donors (Lipinski definition) is 2. The first-order valence-electron chi connectivity index (χ1n) is 7.89. The summed E-state index contributed by atoms with van der Waals surface area (Å²) < 4.78 is 10.7. The van der Waals surface area contributed by atoms with Crippen LogP contribution in [0.25, 0.3) is 11.3 Å². The number of aromatic hydroxyl groups is 1. The Morgan fingerprint density at radius 2 is 1.88 bits per heavy atom. The van der Waals surface area contributed by atoms with Gasteiger partial charge in [0.2, 0.25) is 0 Å². The van der Waals surface area contributed by atoms with Crippen LogP contribution in [0.4, 0.5) is 11.5 Å². The average molecular weight is 337 g/mol. The van der Waals surface area contributed by atoms with Crippen molar-refractivity contribution in [1.29, 1.82) is 0 Å². The molecular formula is C19H19N3O3. The summed E-state index contributed by atoms with van der Waals surface area (Å²) >= 11 is 0. The van der Waals surface area contributed by atoms with Gasteiger partial charge in [-0.2, -0.15) is 0 Å². The number of nitrogens with zero attached hydrogens (tertiary/aromatic N) is 2. The molecular weight excluding hydrogens is 318 g/mol. The summed E-state index contributed by atoms with van der Waals surface area (Å²) in [5.74, 6) is 1.88. The summed E-state index contributed by atoms with van der Waals surface area (Å²) in [6.07, 6.45) is 1.48. The van der Waals surface area contributed by atoms with Crippen LogP contribution >= 0.6 is 0 Å². The lowest BCUT2D eigenvalue weighted by Crippen LogP contribution is -1.97. The first-order chi connectivity index (χ1) is 12.2. The van der Waals surface area contributed by atoms with Crippen molar-refractivity contribution in [1.82, 2.24) is 9.97 Å². The number of hydrogen-bond acceptors (Lipinski definition) is 6. The van der Waals surface area contributed by atoms with Gasteiger partial charge in [0.1, 0.15) is 17.9 Å². The van der Waals surface area contributed by atoms with E-state index in [1.807, 2.05) is 43.3 Å². The summed E-state index contributed by atoms with van der Waals surface area (Å²) in [4.78, 5) is 8.54. The Hall–Kier alpha value is -3.28.